The largest absolute Gasteiger partial charge is 0.429 e. The van der Waals surface area contributed by atoms with Crippen LogP contribution in [0.25, 0.3) is 0 Å². The van der Waals surface area contributed by atoms with Crippen molar-refractivity contribution in [2.45, 2.75) is 19.1 Å². The van der Waals surface area contributed by atoms with Crippen LogP contribution in [0.15, 0.2) is 48.5 Å². The Hall–Kier alpha value is -1.68. The van der Waals surface area contributed by atoms with Crippen LogP contribution in [0.2, 0.25) is 0 Å². The Morgan fingerprint density at radius 3 is 2.11 bits per heavy atom. The standard InChI is InChI=1S/C15H13F2OSi/c1-11-2-8-14(9-3-11)18-15(16,17)13-6-4-12(10-19)5-7-13/h2-9H,10H2,1H3. The van der Waals surface area contributed by atoms with Gasteiger partial charge in [0.2, 0.25) is 0 Å². The van der Waals surface area contributed by atoms with E-state index in [0.717, 1.165) is 11.1 Å². The van der Waals surface area contributed by atoms with Gasteiger partial charge in [0.25, 0.3) is 0 Å². The van der Waals surface area contributed by atoms with Crippen LogP contribution in [0.1, 0.15) is 16.7 Å². The molecule has 0 heterocycles. The lowest BCUT2D eigenvalue weighted by Crippen LogP contribution is -2.21. The second kappa shape index (κ2) is 5.53. The van der Waals surface area contributed by atoms with E-state index >= 15 is 0 Å². The van der Waals surface area contributed by atoms with Gasteiger partial charge in [0.05, 0.1) is 5.56 Å². The maximum atomic E-state index is 13.9. The summed E-state index contributed by atoms with van der Waals surface area (Å²) >= 11 is 0. The fraction of sp³-hybridized carbons (Fsp3) is 0.200. The monoisotopic (exact) mass is 275 g/mol. The molecule has 0 aliphatic carbocycles. The molecular formula is C15H13F2OSi. The average molecular weight is 275 g/mol. The molecule has 19 heavy (non-hydrogen) atoms. The van der Waals surface area contributed by atoms with Crippen LogP contribution in [0, 0.1) is 6.92 Å². The van der Waals surface area contributed by atoms with Crippen molar-refractivity contribution in [2.24, 2.45) is 0 Å². The van der Waals surface area contributed by atoms with Gasteiger partial charge in [0.15, 0.2) is 0 Å². The number of benzene rings is 2. The van der Waals surface area contributed by atoms with Gasteiger partial charge in [-0.15, -0.1) is 0 Å². The molecule has 0 bridgehead atoms. The fourth-order valence-electron chi connectivity index (χ4n) is 1.63. The van der Waals surface area contributed by atoms with Crippen LogP contribution < -0.4 is 4.74 Å². The molecule has 3 radical (unpaired) electrons. The van der Waals surface area contributed by atoms with Gasteiger partial charge in [-0.25, -0.2) is 0 Å². The molecule has 0 spiro atoms. The van der Waals surface area contributed by atoms with Crippen molar-refractivity contribution in [3.8, 4) is 5.75 Å². The van der Waals surface area contributed by atoms with Crippen LogP contribution in [0.5, 0.6) is 5.75 Å². The average Bonchev–Trinajstić information content (AvgIpc) is 2.41. The van der Waals surface area contributed by atoms with Crippen LogP contribution in [-0.4, -0.2) is 10.2 Å². The first kappa shape index (κ1) is 13.7. The maximum Gasteiger partial charge on any atom is 0.426 e. The van der Waals surface area contributed by atoms with E-state index < -0.39 is 6.11 Å². The van der Waals surface area contributed by atoms with Crippen LogP contribution in [-0.2, 0) is 12.2 Å². The highest BCUT2D eigenvalue weighted by atomic mass is 28.1. The molecule has 0 atom stereocenters. The zero-order valence-corrected chi connectivity index (χ0v) is 11.5. The molecule has 0 aliphatic heterocycles. The van der Waals surface area contributed by atoms with Crippen molar-refractivity contribution < 1.29 is 13.5 Å². The molecule has 1 nitrogen and oxygen atoms in total. The number of hydrogen-bond donors (Lipinski definition) is 0. The zero-order valence-electron chi connectivity index (χ0n) is 10.5. The summed E-state index contributed by atoms with van der Waals surface area (Å²) in [4.78, 5) is 0. The molecule has 97 valence electrons. The SMILES string of the molecule is Cc1ccc(OC(F)(F)c2ccc(C[Si])cc2)cc1. The first-order chi connectivity index (χ1) is 9.01. The second-order valence-electron chi connectivity index (χ2n) is 4.31. The van der Waals surface area contributed by atoms with Gasteiger partial charge in [-0.05, 0) is 37.2 Å². The molecule has 2 aromatic rings. The van der Waals surface area contributed by atoms with Crippen LogP contribution in [0.3, 0.4) is 0 Å². The van der Waals surface area contributed by atoms with Gasteiger partial charge in [0.1, 0.15) is 5.75 Å². The number of ether oxygens (including phenoxy) is 1. The molecule has 0 aromatic heterocycles. The number of alkyl halides is 2. The zero-order chi connectivity index (χ0) is 13.9. The summed E-state index contributed by atoms with van der Waals surface area (Å²) in [6.07, 6.45) is -3.33. The molecule has 0 unspecified atom stereocenters. The van der Waals surface area contributed by atoms with E-state index in [1.807, 2.05) is 6.92 Å². The van der Waals surface area contributed by atoms with Crippen molar-refractivity contribution in [3.05, 3.63) is 65.2 Å². The molecular weight excluding hydrogens is 262 g/mol. The topological polar surface area (TPSA) is 9.23 Å². The Morgan fingerprint density at radius 2 is 1.58 bits per heavy atom. The normalized spacial score (nSPS) is 11.4. The van der Waals surface area contributed by atoms with Crippen molar-refractivity contribution >= 4 is 10.2 Å². The Bertz CT molecular complexity index is 535. The van der Waals surface area contributed by atoms with Crippen molar-refractivity contribution in [1.29, 1.82) is 0 Å². The fourth-order valence-corrected chi connectivity index (χ4v) is 1.87. The minimum absolute atomic E-state index is 0.153. The van der Waals surface area contributed by atoms with Crippen molar-refractivity contribution in [2.75, 3.05) is 0 Å². The molecule has 0 saturated carbocycles. The minimum Gasteiger partial charge on any atom is -0.429 e. The molecule has 0 fully saturated rings. The summed E-state index contributed by atoms with van der Waals surface area (Å²) in [6, 6.07) is 13.2. The summed E-state index contributed by atoms with van der Waals surface area (Å²) in [6.45, 7) is 1.89. The van der Waals surface area contributed by atoms with Gasteiger partial charge in [0, 0.05) is 10.2 Å². The van der Waals surface area contributed by atoms with E-state index in [4.69, 9.17) is 4.74 Å². The maximum absolute atomic E-state index is 13.9. The summed E-state index contributed by atoms with van der Waals surface area (Å²) < 4.78 is 32.7. The van der Waals surface area contributed by atoms with Gasteiger partial charge < -0.3 is 4.74 Å². The highest BCUT2D eigenvalue weighted by Crippen LogP contribution is 2.31. The molecule has 0 amide bonds. The van der Waals surface area contributed by atoms with Crippen LogP contribution in [0.4, 0.5) is 8.78 Å². The number of halogens is 2. The number of rotatable bonds is 4. The highest BCUT2D eigenvalue weighted by molar-refractivity contribution is 6.08. The molecule has 0 saturated heterocycles. The molecule has 2 rings (SSSR count). The van der Waals surface area contributed by atoms with E-state index in [0.29, 0.717) is 6.04 Å². The van der Waals surface area contributed by atoms with E-state index in [9.17, 15) is 8.78 Å². The first-order valence-corrected chi connectivity index (χ1v) is 6.59. The third kappa shape index (κ3) is 3.41. The lowest BCUT2D eigenvalue weighted by atomic mass is 10.1. The second-order valence-corrected chi connectivity index (χ2v) is 4.66. The number of aryl methyl sites for hydroxylation is 1. The molecule has 0 N–H and O–H groups in total. The Balaban J connectivity index is 2.18. The van der Waals surface area contributed by atoms with Gasteiger partial charge in [-0.3, -0.25) is 0 Å². The van der Waals surface area contributed by atoms with Crippen molar-refractivity contribution in [3.63, 3.8) is 0 Å². The molecule has 2 aromatic carbocycles. The summed E-state index contributed by atoms with van der Waals surface area (Å²) in [5.41, 5.74) is 1.78. The quantitative estimate of drug-likeness (QED) is 0.771. The van der Waals surface area contributed by atoms with E-state index in [2.05, 4.69) is 10.2 Å². The predicted molar refractivity (Wildman–Crippen MR) is 71.6 cm³/mol. The van der Waals surface area contributed by atoms with Gasteiger partial charge in [-0.1, -0.05) is 35.4 Å². The van der Waals surface area contributed by atoms with E-state index in [1.165, 1.54) is 24.3 Å². The third-order valence-corrected chi connectivity index (χ3v) is 3.17. The van der Waals surface area contributed by atoms with E-state index in [-0.39, 0.29) is 11.3 Å². The first-order valence-electron chi connectivity index (χ1n) is 5.89. The predicted octanol–water partition coefficient (Wildman–Crippen LogP) is 3.79. The molecule has 0 aliphatic rings. The highest BCUT2D eigenvalue weighted by Gasteiger charge is 2.34. The minimum atomic E-state index is -3.33. The summed E-state index contributed by atoms with van der Waals surface area (Å²) in [5.74, 6) is 0.153. The van der Waals surface area contributed by atoms with E-state index in [1.54, 1.807) is 24.3 Å². The van der Waals surface area contributed by atoms with Gasteiger partial charge in [-0.2, -0.15) is 8.78 Å². The lowest BCUT2D eigenvalue weighted by Gasteiger charge is -2.18. The smallest absolute Gasteiger partial charge is 0.426 e. The number of hydrogen-bond acceptors (Lipinski definition) is 1. The third-order valence-electron chi connectivity index (χ3n) is 2.76. The van der Waals surface area contributed by atoms with Gasteiger partial charge >= 0.3 is 6.11 Å². The Labute approximate surface area is 114 Å². The molecule has 4 heteroatoms. The van der Waals surface area contributed by atoms with Crippen LogP contribution >= 0.6 is 0 Å². The summed E-state index contributed by atoms with van der Waals surface area (Å²) in [7, 11) is 3.32. The lowest BCUT2D eigenvalue weighted by molar-refractivity contribution is -0.185. The van der Waals surface area contributed by atoms with Crippen molar-refractivity contribution in [1.82, 2.24) is 0 Å². The Kier molecular flexibility index (Phi) is 4.00. The Morgan fingerprint density at radius 1 is 1.00 bits per heavy atom. The summed E-state index contributed by atoms with van der Waals surface area (Å²) in [5, 5.41) is 0.